The second-order valence-electron chi connectivity index (χ2n) is 4.06. The van der Waals surface area contributed by atoms with Gasteiger partial charge < -0.3 is 5.32 Å². The van der Waals surface area contributed by atoms with Crippen LogP contribution in [0.15, 0.2) is 54.6 Å². The topological polar surface area (TPSA) is 29.1 Å². The number of rotatable bonds is 7. The lowest BCUT2D eigenvalue weighted by atomic mass is 10.1. The zero-order valence-electron chi connectivity index (χ0n) is 10.9. The Morgan fingerprint density at radius 3 is 2.72 bits per heavy atom. The third-order valence-corrected chi connectivity index (χ3v) is 2.52. The largest absolute Gasteiger partial charge is 0.353 e. The van der Waals surface area contributed by atoms with Crippen molar-refractivity contribution in [2.45, 2.75) is 26.2 Å². The van der Waals surface area contributed by atoms with Gasteiger partial charge in [-0.05, 0) is 31.7 Å². The molecular formula is C16H21NO. The Morgan fingerprint density at radius 2 is 2.00 bits per heavy atom. The molecule has 0 fully saturated rings. The fourth-order valence-corrected chi connectivity index (χ4v) is 1.62. The summed E-state index contributed by atoms with van der Waals surface area (Å²) < 4.78 is 0. The van der Waals surface area contributed by atoms with E-state index >= 15 is 0 Å². The molecule has 2 nitrogen and oxygen atoms in total. The lowest BCUT2D eigenvalue weighted by Crippen LogP contribution is -2.19. The zero-order valence-corrected chi connectivity index (χ0v) is 10.9. The van der Waals surface area contributed by atoms with Gasteiger partial charge in [-0.25, -0.2) is 0 Å². The first kappa shape index (κ1) is 14.2. The molecule has 0 saturated carbocycles. The third-order valence-electron chi connectivity index (χ3n) is 2.52. The molecule has 0 bridgehead atoms. The first-order valence-electron chi connectivity index (χ1n) is 6.48. The summed E-state index contributed by atoms with van der Waals surface area (Å²) in [6.45, 7) is 2.58. The monoisotopic (exact) mass is 243 g/mol. The molecule has 0 spiro atoms. The van der Waals surface area contributed by atoms with Crippen LogP contribution in [-0.2, 0) is 11.2 Å². The Balaban J connectivity index is 2.12. The van der Waals surface area contributed by atoms with Crippen LogP contribution in [0.1, 0.15) is 25.3 Å². The number of hydrogen-bond donors (Lipinski definition) is 1. The van der Waals surface area contributed by atoms with E-state index in [9.17, 15) is 4.79 Å². The van der Waals surface area contributed by atoms with Gasteiger partial charge in [0, 0.05) is 12.6 Å². The fourth-order valence-electron chi connectivity index (χ4n) is 1.62. The van der Waals surface area contributed by atoms with Crippen molar-refractivity contribution in [1.82, 2.24) is 5.32 Å². The summed E-state index contributed by atoms with van der Waals surface area (Å²) in [6.07, 6.45) is 10.6. The Hall–Kier alpha value is -1.83. The third kappa shape index (κ3) is 6.69. The highest BCUT2D eigenvalue weighted by Gasteiger charge is 1.90. The van der Waals surface area contributed by atoms with Crippen LogP contribution < -0.4 is 5.32 Å². The number of hydrogen-bond acceptors (Lipinski definition) is 1. The standard InChI is InChI=1S/C16H21NO/c1-2-17-16(18)14-10-5-3-4-7-11-15-12-8-6-9-13-15/h3,5-6,8-10,12-14H,2,4,7,11H2,1H3,(H,17,18). The van der Waals surface area contributed by atoms with Crippen LogP contribution in [0.2, 0.25) is 0 Å². The molecule has 0 aliphatic rings. The molecule has 0 saturated heterocycles. The van der Waals surface area contributed by atoms with Crippen molar-refractivity contribution in [3.8, 4) is 0 Å². The van der Waals surface area contributed by atoms with Gasteiger partial charge in [0.1, 0.15) is 0 Å². The van der Waals surface area contributed by atoms with Crippen LogP contribution in [0.25, 0.3) is 0 Å². The van der Waals surface area contributed by atoms with Gasteiger partial charge >= 0.3 is 0 Å². The van der Waals surface area contributed by atoms with Crippen LogP contribution in [0.3, 0.4) is 0 Å². The van der Waals surface area contributed by atoms with Crippen LogP contribution >= 0.6 is 0 Å². The van der Waals surface area contributed by atoms with E-state index in [0.717, 1.165) is 19.3 Å². The number of benzene rings is 1. The molecule has 2 heteroatoms. The van der Waals surface area contributed by atoms with E-state index in [1.54, 1.807) is 12.2 Å². The SMILES string of the molecule is CCNC(=O)C=CC=CCCCc1ccccc1. The molecule has 1 aromatic carbocycles. The van der Waals surface area contributed by atoms with Gasteiger partial charge in [-0.3, -0.25) is 4.79 Å². The molecule has 0 aliphatic heterocycles. The Kier molecular flexibility index (Phi) is 7.29. The van der Waals surface area contributed by atoms with Crippen molar-refractivity contribution in [3.05, 3.63) is 60.2 Å². The first-order valence-corrected chi connectivity index (χ1v) is 6.48. The molecule has 0 aliphatic carbocycles. The summed E-state index contributed by atoms with van der Waals surface area (Å²) >= 11 is 0. The van der Waals surface area contributed by atoms with Crippen LogP contribution in [0, 0.1) is 0 Å². The van der Waals surface area contributed by atoms with Gasteiger partial charge in [-0.2, -0.15) is 0 Å². The molecule has 1 amide bonds. The molecular weight excluding hydrogens is 222 g/mol. The predicted octanol–water partition coefficient (Wildman–Crippen LogP) is 3.26. The molecule has 0 heterocycles. The second-order valence-corrected chi connectivity index (χ2v) is 4.06. The minimum absolute atomic E-state index is 0.0357. The number of unbranched alkanes of at least 4 members (excludes halogenated alkanes) is 1. The maximum Gasteiger partial charge on any atom is 0.243 e. The van der Waals surface area contributed by atoms with Crippen LogP contribution in [0.4, 0.5) is 0 Å². The number of carbonyl (C=O) groups is 1. The van der Waals surface area contributed by atoms with Crippen molar-refractivity contribution >= 4 is 5.91 Å². The second kappa shape index (κ2) is 9.23. The maximum atomic E-state index is 11.1. The number of amides is 1. The highest BCUT2D eigenvalue weighted by molar-refractivity contribution is 5.87. The van der Waals surface area contributed by atoms with Gasteiger partial charge in [0.25, 0.3) is 0 Å². The predicted molar refractivity (Wildman–Crippen MR) is 76.3 cm³/mol. The Bertz CT molecular complexity index is 393. The van der Waals surface area contributed by atoms with Crippen molar-refractivity contribution < 1.29 is 4.79 Å². The summed E-state index contributed by atoms with van der Waals surface area (Å²) in [5.74, 6) is -0.0357. The molecule has 18 heavy (non-hydrogen) atoms. The molecule has 96 valence electrons. The summed E-state index contributed by atoms with van der Waals surface area (Å²) in [4.78, 5) is 11.1. The first-order chi connectivity index (χ1) is 8.83. The van der Waals surface area contributed by atoms with E-state index in [4.69, 9.17) is 0 Å². The molecule has 0 radical (unpaired) electrons. The van der Waals surface area contributed by atoms with Crippen molar-refractivity contribution in [2.75, 3.05) is 6.54 Å². The van der Waals surface area contributed by atoms with Gasteiger partial charge in [-0.15, -0.1) is 0 Å². The highest BCUT2D eigenvalue weighted by Crippen LogP contribution is 2.04. The quantitative estimate of drug-likeness (QED) is 0.444. The minimum atomic E-state index is -0.0357. The van der Waals surface area contributed by atoms with E-state index in [0.29, 0.717) is 6.54 Å². The zero-order chi connectivity index (χ0) is 13.1. The Labute approximate surface area is 109 Å². The molecule has 1 N–H and O–H groups in total. The van der Waals surface area contributed by atoms with Gasteiger partial charge in [0.05, 0.1) is 0 Å². The van der Waals surface area contributed by atoms with Crippen molar-refractivity contribution in [2.24, 2.45) is 0 Å². The molecule has 0 aromatic heterocycles. The molecule has 0 unspecified atom stereocenters. The van der Waals surface area contributed by atoms with E-state index in [2.05, 4.69) is 35.7 Å². The van der Waals surface area contributed by atoms with E-state index in [-0.39, 0.29) is 5.91 Å². The fraction of sp³-hybridized carbons (Fsp3) is 0.312. The smallest absolute Gasteiger partial charge is 0.243 e. The van der Waals surface area contributed by atoms with E-state index in [1.165, 1.54) is 5.56 Å². The summed E-state index contributed by atoms with van der Waals surface area (Å²) in [5.41, 5.74) is 1.38. The summed E-state index contributed by atoms with van der Waals surface area (Å²) in [7, 11) is 0. The number of allylic oxidation sites excluding steroid dienone is 3. The molecule has 1 rings (SSSR count). The summed E-state index contributed by atoms with van der Waals surface area (Å²) in [6, 6.07) is 10.5. The van der Waals surface area contributed by atoms with Crippen molar-refractivity contribution in [1.29, 1.82) is 0 Å². The average Bonchev–Trinajstić information content (AvgIpc) is 2.39. The van der Waals surface area contributed by atoms with E-state index < -0.39 is 0 Å². The van der Waals surface area contributed by atoms with Crippen LogP contribution in [-0.4, -0.2) is 12.5 Å². The van der Waals surface area contributed by atoms with Crippen molar-refractivity contribution in [3.63, 3.8) is 0 Å². The maximum absolute atomic E-state index is 11.1. The lowest BCUT2D eigenvalue weighted by molar-refractivity contribution is -0.116. The number of nitrogens with one attached hydrogen (secondary N) is 1. The number of carbonyl (C=O) groups excluding carboxylic acids is 1. The number of likely N-dealkylation sites (N-methyl/N-ethyl adjacent to an activating group) is 1. The van der Waals surface area contributed by atoms with E-state index in [1.807, 2.05) is 19.1 Å². The Morgan fingerprint density at radius 1 is 1.22 bits per heavy atom. The molecule has 0 atom stereocenters. The normalized spacial score (nSPS) is 11.2. The highest BCUT2D eigenvalue weighted by atomic mass is 16.1. The average molecular weight is 243 g/mol. The van der Waals surface area contributed by atoms with Gasteiger partial charge in [-0.1, -0.05) is 48.6 Å². The lowest BCUT2D eigenvalue weighted by Gasteiger charge is -1.97. The van der Waals surface area contributed by atoms with Crippen LogP contribution in [0.5, 0.6) is 0 Å². The van der Waals surface area contributed by atoms with Gasteiger partial charge in [0.15, 0.2) is 0 Å². The number of aryl methyl sites for hydroxylation is 1. The van der Waals surface area contributed by atoms with Gasteiger partial charge in [0.2, 0.25) is 5.91 Å². The summed E-state index contributed by atoms with van der Waals surface area (Å²) in [5, 5.41) is 2.71. The molecule has 1 aromatic rings. The minimum Gasteiger partial charge on any atom is -0.353 e.